The summed E-state index contributed by atoms with van der Waals surface area (Å²) in [6.07, 6.45) is 0. The Bertz CT molecular complexity index is 1340. The summed E-state index contributed by atoms with van der Waals surface area (Å²) >= 11 is 4.77. The van der Waals surface area contributed by atoms with Gasteiger partial charge >= 0.3 is 0 Å². The Kier molecular flexibility index (Phi) is 6.92. The van der Waals surface area contributed by atoms with Crippen molar-refractivity contribution in [3.05, 3.63) is 87.9 Å². The largest absolute Gasteiger partial charge is 0.324 e. The first kappa shape index (κ1) is 22.8. The van der Waals surface area contributed by atoms with Gasteiger partial charge in [0.25, 0.3) is 0 Å². The van der Waals surface area contributed by atoms with E-state index < -0.39 is 0 Å². The van der Waals surface area contributed by atoms with E-state index in [0.29, 0.717) is 22.2 Å². The van der Waals surface area contributed by atoms with Gasteiger partial charge in [0.2, 0.25) is 5.91 Å². The van der Waals surface area contributed by atoms with Crippen LogP contribution in [0.25, 0.3) is 17.1 Å². The molecule has 0 bridgehead atoms. The number of nitrogens with one attached hydrogen (secondary N) is 1. The van der Waals surface area contributed by atoms with Crippen LogP contribution < -0.4 is 5.32 Å². The van der Waals surface area contributed by atoms with E-state index in [1.165, 1.54) is 11.8 Å². The van der Waals surface area contributed by atoms with Crippen LogP contribution in [0.4, 0.5) is 5.69 Å². The van der Waals surface area contributed by atoms with E-state index in [-0.39, 0.29) is 11.7 Å². The molecular weight excluding hydrogens is 498 g/mol. The van der Waals surface area contributed by atoms with Gasteiger partial charge in [-0.15, -0.1) is 10.2 Å². The first-order chi connectivity index (χ1) is 15.9. The molecule has 0 spiro atoms. The second-order valence-electron chi connectivity index (χ2n) is 7.49. The third-order valence-corrected chi connectivity index (χ3v) is 6.31. The van der Waals surface area contributed by atoms with Crippen LogP contribution in [0.5, 0.6) is 0 Å². The average molecular weight is 518 g/mol. The molecule has 0 saturated heterocycles. The Morgan fingerprint density at radius 2 is 1.76 bits per heavy atom. The predicted molar refractivity (Wildman–Crippen MR) is 134 cm³/mol. The second-order valence-corrected chi connectivity index (χ2v) is 9.35. The number of halogens is 1. The Hall–Kier alpha value is -3.41. The van der Waals surface area contributed by atoms with Crippen molar-refractivity contribution in [3.63, 3.8) is 0 Å². The molecule has 1 N–H and O–H groups in total. The fourth-order valence-corrected chi connectivity index (χ4v) is 4.48. The molecule has 0 atom stereocenters. The zero-order chi connectivity index (χ0) is 23.4. The number of nitriles is 1. The molecule has 33 heavy (non-hydrogen) atoms. The van der Waals surface area contributed by atoms with Crippen molar-refractivity contribution in [1.82, 2.24) is 14.8 Å². The van der Waals surface area contributed by atoms with Gasteiger partial charge in [-0.25, -0.2) is 0 Å². The molecule has 0 radical (unpaired) electrons. The number of rotatable bonds is 6. The maximum absolute atomic E-state index is 12.6. The van der Waals surface area contributed by atoms with Crippen molar-refractivity contribution >= 4 is 39.3 Å². The number of aryl methyl sites for hydroxylation is 2. The molecule has 164 valence electrons. The normalized spacial score (nSPS) is 10.6. The van der Waals surface area contributed by atoms with Gasteiger partial charge in [-0.1, -0.05) is 58.0 Å². The molecule has 8 heteroatoms. The molecule has 0 fully saturated rings. The van der Waals surface area contributed by atoms with Crippen molar-refractivity contribution < 1.29 is 4.79 Å². The average Bonchev–Trinajstić information content (AvgIpc) is 3.22. The molecule has 0 aliphatic heterocycles. The number of para-hydroxylation sites is 1. The molecule has 4 rings (SSSR count). The highest BCUT2D eigenvalue weighted by molar-refractivity contribution is 9.10. The molecule has 3 aromatic carbocycles. The number of amides is 1. The fraction of sp³-hybridized carbons (Fsp3) is 0.120. The first-order valence-corrected chi connectivity index (χ1v) is 11.9. The van der Waals surface area contributed by atoms with Gasteiger partial charge in [-0.3, -0.25) is 9.36 Å². The van der Waals surface area contributed by atoms with Crippen LogP contribution in [-0.4, -0.2) is 26.4 Å². The molecule has 0 unspecified atom stereocenters. The number of carbonyl (C=O) groups excluding carboxylic acids is 1. The molecule has 0 aliphatic carbocycles. The Labute approximate surface area is 204 Å². The van der Waals surface area contributed by atoms with Gasteiger partial charge in [0.1, 0.15) is 6.07 Å². The summed E-state index contributed by atoms with van der Waals surface area (Å²) in [6, 6.07) is 23.2. The third kappa shape index (κ3) is 5.33. The number of carbonyl (C=O) groups is 1. The Morgan fingerprint density at radius 3 is 2.45 bits per heavy atom. The van der Waals surface area contributed by atoms with Gasteiger partial charge in [0, 0.05) is 10.0 Å². The highest BCUT2D eigenvalue weighted by Crippen LogP contribution is 2.30. The van der Waals surface area contributed by atoms with Gasteiger partial charge < -0.3 is 5.32 Å². The molecule has 1 amide bonds. The SMILES string of the molecule is Cc1cc(C)cc(-n2c(SCC(=O)Nc3ccccc3C#N)nnc2-c2ccc(Br)cc2)c1. The number of thioether (sulfide) groups is 1. The lowest BCUT2D eigenvalue weighted by Crippen LogP contribution is -2.15. The molecular formula is C25H20BrN5OS. The maximum atomic E-state index is 12.6. The number of hydrogen-bond donors (Lipinski definition) is 1. The molecule has 0 saturated carbocycles. The molecule has 1 heterocycles. The van der Waals surface area contributed by atoms with Gasteiger partial charge in [0.15, 0.2) is 11.0 Å². The zero-order valence-electron chi connectivity index (χ0n) is 18.0. The van der Waals surface area contributed by atoms with E-state index >= 15 is 0 Å². The smallest absolute Gasteiger partial charge is 0.234 e. The number of hydrogen-bond acceptors (Lipinski definition) is 5. The minimum Gasteiger partial charge on any atom is -0.324 e. The zero-order valence-corrected chi connectivity index (χ0v) is 20.4. The minimum absolute atomic E-state index is 0.128. The van der Waals surface area contributed by atoms with Crippen LogP contribution in [0.15, 0.2) is 76.4 Å². The van der Waals surface area contributed by atoms with Crippen molar-refractivity contribution in [2.75, 3.05) is 11.1 Å². The summed E-state index contributed by atoms with van der Waals surface area (Å²) in [5, 5.41) is 21.5. The number of anilines is 1. The molecule has 0 aliphatic rings. The van der Waals surface area contributed by atoms with Crippen LogP contribution >= 0.6 is 27.7 Å². The summed E-state index contributed by atoms with van der Waals surface area (Å²) < 4.78 is 2.96. The molecule has 1 aromatic heterocycles. The number of nitrogens with zero attached hydrogens (tertiary/aromatic N) is 4. The van der Waals surface area contributed by atoms with Gasteiger partial charge in [0.05, 0.1) is 22.7 Å². The predicted octanol–water partition coefficient (Wildman–Crippen LogP) is 5.92. The summed E-state index contributed by atoms with van der Waals surface area (Å²) in [4.78, 5) is 12.6. The van der Waals surface area contributed by atoms with E-state index in [4.69, 9.17) is 0 Å². The standard InChI is InChI=1S/C25H20BrN5OS/c1-16-11-17(2)13-21(12-16)31-24(18-7-9-20(26)10-8-18)29-30-25(31)33-15-23(32)28-22-6-4-3-5-19(22)14-27/h3-13H,15H2,1-2H3,(H,28,32). The monoisotopic (exact) mass is 517 g/mol. The Balaban J connectivity index is 1.64. The summed E-state index contributed by atoms with van der Waals surface area (Å²) in [7, 11) is 0. The number of aromatic nitrogens is 3. The van der Waals surface area contributed by atoms with E-state index in [9.17, 15) is 10.1 Å². The molecule has 6 nitrogen and oxygen atoms in total. The van der Waals surface area contributed by atoms with E-state index in [0.717, 1.165) is 26.9 Å². The second kappa shape index (κ2) is 10.0. The van der Waals surface area contributed by atoms with E-state index in [2.05, 4.69) is 55.7 Å². The lowest BCUT2D eigenvalue weighted by Gasteiger charge is -2.12. The van der Waals surface area contributed by atoms with Gasteiger partial charge in [-0.2, -0.15) is 5.26 Å². The highest BCUT2D eigenvalue weighted by Gasteiger charge is 2.18. The summed E-state index contributed by atoms with van der Waals surface area (Å²) in [5.74, 6) is 0.608. The summed E-state index contributed by atoms with van der Waals surface area (Å²) in [6.45, 7) is 4.10. The number of benzene rings is 3. The highest BCUT2D eigenvalue weighted by atomic mass is 79.9. The van der Waals surface area contributed by atoms with E-state index in [1.54, 1.807) is 24.3 Å². The fourth-order valence-electron chi connectivity index (χ4n) is 3.47. The quantitative estimate of drug-likeness (QED) is 0.321. The lowest BCUT2D eigenvalue weighted by atomic mass is 10.1. The van der Waals surface area contributed by atoms with Gasteiger partial charge in [-0.05, 0) is 61.4 Å². The van der Waals surface area contributed by atoms with Crippen LogP contribution in [-0.2, 0) is 4.79 Å². The minimum atomic E-state index is -0.220. The van der Waals surface area contributed by atoms with Crippen molar-refractivity contribution in [2.45, 2.75) is 19.0 Å². The third-order valence-electron chi connectivity index (χ3n) is 4.85. The van der Waals surface area contributed by atoms with Crippen molar-refractivity contribution in [2.24, 2.45) is 0 Å². The van der Waals surface area contributed by atoms with Crippen molar-refractivity contribution in [1.29, 1.82) is 5.26 Å². The topological polar surface area (TPSA) is 83.6 Å². The molecule has 4 aromatic rings. The van der Waals surface area contributed by atoms with Crippen molar-refractivity contribution in [3.8, 4) is 23.1 Å². The lowest BCUT2D eigenvalue weighted by molar-refractivity contribution is -0.113. The van der Waals surface area contributed by atoms with Crippen LogP contribution in [0.1, 0.15) is 16.7 Å². The first-order valence-electron chi connectivity index (χ1n) is 10.2. The van der Waals surface area contributed by atoms with E-state index in [1.807, 2.05) is 42.7 Å². The Morgan fingerprint density at radius 1 is 1.06 bits per heavy atom. The van der Waals surface area contributed by atoms with Crippen LogP contribution in [0.2, 0.25) is 0 Å². The summed E-state index contributed by atoms with van der Waals surface area (Å²) in [5.41, 5.74) is 5.03. The van der Waals surface area contributed by atoms with Crippen LogP contribution in [0, 0.1) is 25.2 Å². The van der Waals surface area contributed by atoms with Crippen LogP contribution in [0.3, 0.4) is 0 Å². The maximum Gasteiger partial charge on any atom is 0.234 e.